The van der Waals surface area contributed by atoms with E-state index in [0.717, 1.165) is 33.4 Å². The molecule has 0 aromatic heterocycles. The summed E-state index contributed by atoms with van der Waals surface area (Å²) in [6, 6.07) is 4.09. The Kier molecular flexibility index (Phi) is 9.04. The lowest BCUT2D eigenvalue weighted by atomic mass is 9.73. The van der Waals surface area contributed by atoms with Crippen LogP contribution in [0.25, 0.3) is 0 Å². The third kappa shape index (κ3) is 5.10. The molecule has 7 aliphatic rings. The number of likely N-dealkylation sites (N-methyl/N-ethyl adjacent to an activating group) is 1. The molecule has 2 fully saturated rings. The molecule has 0 amide bonds. The number of nitrogens with zero attached hydrogens (tertiary/aromatic N) is 2. The van der Waals surface area contributed by atoms with Crippen molar-refractivity contribution in [1.82, 2.24) is 15.1 Å². The van der Waals surface area contributed by atoms with Crippen molar-refractivity contribution in [2.75, 3.05) is 61.2 Å². The van der Waals surface area contributed by atoms with Gasteiger partial charge in [-0.1, -0.05) is 6.07 Å². The molecule has 0 saturated carbocycles. The third-order valence-electron chi connectivity index (χ3n) is 12.7. The summed E-state index contributed by atoms with van der Waals surface area (Å²) in [5, 5.41) is 15.8. The smallest absolute Gasteiger partial charge is 0.331 e. The molecule has 298 valence electrons. The second-order valence-corrected chi connectivity index (χ2v) is 16.4. The minimum atomic E-state index is -1.28. The number of fused-ring (bicyclic) bond motifs is 9. The number of carbonyl (C=O) groups is 2. The van der Waals surface area contributed by atoms with Gasteiger partial charge in [-0.15, -0.1) is 11.8 Å². The minimum Gasteiger partial charge on any atom is -0.493 e. The van der Waals surface area contributed by atoms with Crippen LogP contribution in [0.5, 0.6) is 40.2 Å². The Balaban J connectivity index is 1.32. The Morgan fingerprint density at radius 1 is 0.929 bits per heavy atom. The zero-order valence-electron chi connectivity index (χ0n) is 32.8. The predicted octanol–water partition coefficient (Wildman–Crippen LogP) is 4.02. The monoisotopic (exact) mass is 789 g/mol. The molecular formula is C41H47N3O11S. The van der Waals surface area contributed by atoms with Crippen molar-refractivity contribution in [3.63, 3.8) is 0 Å². The van der Waals surface area contributed by atoms with Crippen LogP contribution in [-0.2, 0) is 32.7 Å². The number of aryl methyl sites for hydroxylation is 1. The summed E-state index contributed by atoms with van der Waals surface area (Å²) in [4.78, 5) is 32.2. The number of nitrogens with one attached hydrogen (secondary N) is 1. The van der Waals surface area contributed by atoms with Gasteiger partial charge >= 0.3 is 11.9 Å². The number of rotatable bonds is 5. The third-order valence-corrected chi connectivity index (χ3v) is 14.1. The van der Waals surface area contributed by atoms with Gasteiger partial charge in [0.1, 0.15) is 18.6 Å². The highest BCUT2D eigenvalue weighted by Gasteiger charge is 2.61. The molecule has 14 nitrogen and oxygen atoms in total. The second-order valence-electron chi connectivity index (χ2n) is 15.3. The van der Waals surface area contributed by atoms with Crippen LogP contribution in [0.1, 0.15) is 68.8 Å². The molecule has 1 spiro atoms. The Hall–Kier alpha value is -4.41. The van der Waals surface area contributed by atoms with Crippen molar-refractivity contribution in [1.29, 1.82) is 0 Å². The fourth-order valence-electron chi connectivity index (χ4n) is 10.3. The van der Waals surface area contributed by atoms with Crippen molar-refractivity contribution >= 4 is 23.7 Å². The molecule has 3 aromatic rings. The highest BCUT2D eigenvalue weighted by molar-refractivity contribution is 7.99. The molecule has 1 unspecified atom stereocenters. The molecule has 3 aromatic carbocycles. The van der Waals surface area contributed by atoms with Gasteiger partial charge in [-0.3, -0.25) is 19.9 Å². The molecule has 2 N–H and O–H groups in total. The molecular weight excluding hydrogens is 743 g/mol. The fraction of sp³-hybridized carbons (Fsp3) is 0.512. The van der Waals surface area contributed by atoms with Crippen LogP contribution in [-0.4, -0.2) is 106 Å². The van der Waals surface area contributed by atoms with Gasteiger partial charge in [-0.2, -0.15) is 0 Å². The van der Waals surface area contributed by atoms with E-state index < -0.39 is 41.0 Å². The first-order valence-electron chi connectivity index (χ1n) is 18.8. The lowest BCUT2D eigenvalue weighted by Crippen LogP contribution is -2.70. The number of aliphatic hydroxyl groups is 1. The minimum absolute atomic E-state index is 0.0325. The largest absolute Gasteiger partial charge is 0.493 e. The summed E-state index contributed by atoms with van der Waals surface area (Å²) in [7, 11) is 8.51. The van der Waals surface area contributed by atoms with Gasteiger partial charge in [0.15, 0.2) is 40.0 Å². The number of thioether (sulfide) groups is 1. The highest BCUT2D eigenvalue weighted by atomic mass is 32.2. The zero-order chi connectivity index (χ0) is 39.4. The number of hydrogen-bond donors (Lipinski definition) is 2. The maximum atomic E-state index is 14.8. The highest BCUT2D eigenvalue weighted by Crippen LogP contribution is 2.64. The molecule has 7 heterocycles. The normalized spacial score (nSPS) is 28.7. The number of methoxy groups -OCH3 is 4. The Labute approximate surface area is 329 Å². The molecule has 7 aliphatic heterocycles. The molecule has 15 heteroatoms. The van der Waals surface area contributed by atoms with E-state index in [-0.39, 0.29) is 31.2 Å². The molecule has 10 rings (SSSR count). The number of benzene rings is 3. The maximum absolute atomic E-state index is 14.8. The average Bonchev–Trinajstić information content (AvgIpc) is 3.68. The van der Waals surface area contributed by atoms with E-state index in [1.54, 1.807) is 40.2 Å². The van der Waals surface area contributed by atoms with Gasteiger partial charge in [-0.05, 0) is 68.1 Å². The Bertz CT molecular complexity index is 2160. The van der Waals surface area contributed by atoms with E-state index in [2.05, 4.69) is 21.2 Å². The lowest BCUT2D eigenvalue weighted by Gasteiger charge is -2.62. The van der Waals surface area contributed by atoms with Crippen LogP contribution in [0.3, 0.4) is 0 Å². The van der Waals surface area contributed by atoms with Crippen LogP contribution in [0.4, 0.5) is 0 Å². The van der Waals surface area contributed by atoms with Crippen LogP contribution >= 0.6 is 11.8 Å². The molecule has 2 saturated heterocycles. The number of ether oxygens (including phenoxy) is 8. The number of esters is 2. The van der Waals surface area contributed by atoms with Crippen molar-refractivity contribution in [2.24, 2.45) is 0 Å². The lowest BCUT2D eigenvalue weighted by molar-refractivity contribution is -0.186. The van der Waals surface area contributed by atoms with Gasteiger partial charge in [0, 0.05) is 47.5 Å². The fourth-order valence-corrected chi connectivity index (χ4v) is 12.0. The first kappa shape index (κ1) is 37.2. The SMILES string of the molecule is COc1cc2c(cc1OC)[C@@]1(CS[C@@H]3c4c(OC(C)=O)c(C)c5c(c4[C@@H](COC1=O)N1C3[C@H]3c4c(cc(C)c(OC)c4OC)C[C@@H]([C@@H]1O)N3C)OCO5)NCC2. The molecule has 0 radical (unpaired) electrons. The summed E-state index contributed by atoms with van der Waals surface area (Å²) in [6.07, 6.45) is 0.223. The quantitative estimate of drug-likeness (QED) is 0.283. The number of hydrogen-bond acceptors (Lipinski definition) is 15. The van der Waals surface area contributed by atoms with Crippen LogP contribution in [0.2, 0.25) is 0 Å². The van der Waals surface area contributed by atoms with Gasteiger partial charge in [0.2, 0.25) is 6.79 Å². The van der Waals surface area contributed by atoms with Gasteiger partial charge < -0.3 is 43.0 Å². The molecule has 4 bridgehead atoms. The van der Waals surface area contributed by atoms with Crippen LogP contribution < -0.4 is 38.5 Å². The van der Waals surface area contributed by atoms with Crippen LogP contribution in [0, 0.1) is 13.8 Å². The predicted molar refractivity (Wildman–Crippen MR) is 204 cm³/mol. The van der Waals surface area contributed by atoms with Crippen molar-refractivity contribution in [2.45, 2.75) is 74.8 Å². The summed E-state index contributed by atoms with van der Waals surface area (Å²) < 4.78 is 48.6. The first-order chi connectivity index (χ1) is 27.0. The summed E-state index contributed by atoms with van der Waals surface area (Å²) >= 11 is 1.55. The molecule has 0 aliphatic carbocycles. The zero-order valence-corrected chi connectivity index (χ0v) is 33.6. The van der Waals surface area contributed by atoms with E-state index in [4.69, 9.17) is 37.9 Å². The average molecular weight is 790 g/mol. The van der Waals surface area contributed by atoms with E-state index in [0.29, 0.717) is 70.8 Å². The van der Waals surface area contributed by atoms with E-state index in [9.17, 15) is 14.7 Å². The van der Waals surface area contributed by atoms with Gasteiger partial charge in [0.25, 0.3) is 0 Å². The van der Waals surface area contributed by atoms with Gasteiger partial charge in [-0.25, -0.2) is 4.79 Å². The summed E-state index contributed by atoms with van der Waals surface area (Å²) in [5.41, 5.74) is 5.45. The molecule has 7 atom stereocenters. The topological polar surface area (TPSA) is 147 Å². The Morgan fingerprint density at radius 3 is 2.38 bits per heavy atom. The summed E-state index contributed by atoms with van der Waals surface area (Å²) in [6.45, 7) is 5.60. The van der Waals surface area contributed by atoms with Crippen molar-refractivity contribution in [3.8, 4) is 40.2 Å². The standard InChI is InChI=1S/C41H47N3O11S/c1-18-11-22-12-24-39(46)44-25-15-52-40(47)41(23-14-27(49-6)26(48-5)13-21(23)9-10-42-41)16-56-38(32(44)31(43(24)4)28(22)36(51-8)33(18)50-7)30-29(25)37-35(53-17-54-37)19(2)34(30)55-20(3)45/h11,13-14,24-25,31-32,38-39,42,46H,9-10,12,15-17H2,1-8H3/t24-,25+,31+,32?,38+,39-,41+/m0/s1. The first-order valence-corrected chi connectivity index (χ1v) is 19.9. The summed E-state index contributed by atoms with van der Waals surface area (Å²) in [5.74, 6) is 3.00. The number of piperazine rings is 1. The second kappa shape index (κ2) is 13.6. The van der Waals surface area contributed by atoms with Gasteiger partial charge in [0.05, 0.1) is 51.8 Å². The van der Waals surface area contributed by atoms with Crippen LogP contribution in [0.15, 0.2) is 18.2 Å². The Morgan fingerprint density at radius 2 is 1.66 bits per heavy atom. The number of aliphatic hydroxyl groups excluding tert-OH is 1. The molecule has 56 heavy (non-hydrogen) atoms. The number of carbonyl (C=O) groups excluding carboxylic acids is 2. The van der Waals surface area contributed by atoms with E-state index >= 15 is 0 Å². The van der Waals surface area contributed by atoms with Crippen molar-refractivity contribution < 1.29 is 52.6 Å². The maximum Gasteiger partial charge on any atom is 0.331 e. The van der Waals surface area contributed by atoms with Crippen molar-refractivity contribution in [3.05, 3.63) is 62.7 Å². The van der Waals surface area contributed by atoms with E-state index in [1.807, 2.05) is 33.0 Å². The van der Waals surface area contributed by atoms with E-state index in [1.165, 1.54) is 6.92 Å².